The molecule has 6 heteroatoms. The third kappa shape index (κ3) is 4.91. The Morgan fingerprint density at radius 3 is 2.82 bits per heavy atom. The highest BCUT2D eigenvalue weighted by Crippen LogP contribution is 2.27. The quantitative estimate of drug-likeness (QED) is 0.726. The lowest BCUT2D eigenvalue weighted by Crippen LogP contribution is -2.07. The summed E-state index contributed by atoms with van der Waals surface area (Å²) in [4.78, 5) is 13.8. The van der Waals surface area contributed by atoms with Crippen molar-refractivity contribution < 1.29 is 18.0 Å². The highest BCUT2D eigenvalue weighted by Gasteiger charge is 2.32. The summed E-state index contributed by atoms with van der Waals surface area (Å²) in [6.07, 6.45) is -3.41. The summed E-state index contributed by atoms with van der Waals surface area (Å²) >= 11 is 1.01. The number of rotatable bonds is 1. The van der Waals surface area contributed by atoms with E-state index in [1.807, 2.05) is 0 Å². The molecule has 0 radical (unpaired) electrons. The second kappa shape index (κ2) is 5.73. The highest BCUT2D eigenvalue weighted by atomic mass is 32.2. The van der Waals surface area contributed by atoms with Crippen LogP contribution in [0.5, 0.6) is 0 Å². The highest BCUT2D eigenvalue weighted by molar-refractivity contribution is 8.13. The first-order valence-electron chi connectivity index (χ1n) is 4.55. The minimum absolute atomic E-state index is 0.0787. The molecular weight excluding hydrogens is 251 g/mol. The van der Waals surface area contributed by atoms with E-state index in [0.29, 0.717) is 0 Å². The molecule has 0 amide bonds. The number of thioether (sulfide) groups is 1. The number of aromatic nitrogens is 1. The van der Waals surface area contributed by atoms with Crippen molar-refractivity contribution in [2.45, 2.75) is 13.1 Å². The van der Waals surface area contributed by atoms with Gasteiger partial charge in [-0.2, -0.15) is 13.2 Å². The van der Waals surface area contributed by atoms with Crippen LogP contribution in [-0.2, 0) is 11.0 Å². The van der Waals surface area contributed by atoms with Crippen molar-refractivity contribution in [3.8, 4) is 11.8 Å². The van der Waals surface area contributed by atoms with Crippen molar-refractivity contribution in [1.82, 2.24) is 4.98 Å². The average Bonchev–Trinajstić information content (AvgIpc) is 2.23. The summed E-state index contributed by atoms with van der Waals surface area (Å²) in [5, 5.41) is -0.0787. The van der Waals surface area contributed by atoms with Crippen LogP contribution >= 0.6 is 11.8 Å². The van der Waals surface area contributed by atoms with Gasteiger partial charge in [0.2, 0.25) is 0 Å². The van der Waals surface area contributed by atoms with Gasteiger partial charge < -0.3 is 0 Å². The van der Waals surface area contributed by atoms with Crippen LogP contribution in [0.15, 0.2) is 18.3 Å². The molecule has 0 fully saturated rings. The second-order valence-electron chi connectivity index (χ2n) is 3.01. The van der Waals surface area contributed by atoms with Gasteiger partial charge in [0.15, 0.2) is 5.12 Å². The average molecular weight is 259 g/mol. The number of nitrogens with zero attached hydrogens (tertiary/aromatic N) is 1. The first-order chi connectivity index (χ1) is 7.89. The molecule has 17 heavy (non-hydrogen) atoms. The number of halogens is 3. The third-order valence-electron chi connectivity index (χ3n) is 1.63. The monoisotopic (exact) mass is 259 g/mol. The fourth-order valence-corrected chi connectivity index (χ4v) is 1.29. The molecule has 2 nitrogen and oxygen atoms in total. The maximum absolute atomic E-state index is 12.3. The van der Waals surface area contributed by atoms with E-state index in [4.69, 9.17) is 0 Å². The number of pyridine rings is 1. The zero-order valence-corrected chi connectivity index (χ0v) is 9.65. The minimum atomic E-state index is -4.47. The Morgan fingerprint density at radius 2 is 2.24 bits per heavy atom. The predicted octanol–water partition coefficient (Wildman–Crippen LogP) is 2.73. The molecule has 1 aromatic rings. The molecule has 0 unspecified atom stereocenters. The van der Waals surface area contributed by atoms with Crippen LogP contribution in [0, 0.1) is 11.8 Å². The lowest BCUT2D eigenvalue weighted by Gasteiger charge is -2.04. The number of hydrogen-bond acceptors (Lipinski definition) is 3. The lowest BCUT2D eigenvalue weighted by molar-refractivity contribution is -0.141. The van der Waals surface area contributed by atoms with Crippen LogP contribution in [-0.4, -0.2) is 15.9 Å². The largest absolute Gasteiger partial charge is 0.433 e. The zero-order valence-electron chi connectivity index (χ0n) is 8.84. The topological polar surface area (TPSA) is 30.0 Å². The SMILES string of the molecule is CC(=O)SCC#Cc1ccnc(C(F)(F)F)c1. The summed E-state index contributed by atoms with van der Waals surface area (Å²) < 4.78 is 36.9. The van der Waals surface area contributed by atoms with Gasteiger partial charge in [0.05, 0.1) is 5.75 Å². The summed E-state index contributed by atoms with van der Waals surface area (Å²) in [5.74, 6) is 5.42. The zero-order chi connectivity index (χ0) is 12.9. The molecule has 0 spiro atoms. The van der Waals surface area contributed by atoms with Gasteiger partial charge >= 0.3 is 6.18 Å². The number of hydrogen-bond donors (Lipinski definition) is 0. The number of carbonyl (C=O) groups is 1. The van der Waals surface area contributed by atoms with E-state index in [0.717, 1.165) is 24.0 Å². The van der Waals surface area contributed by atoms with Gasteiger partial charge in [0, 0.05) is 18.7 Å². The molecule has 0 aliphatic carbocycles. The fraction of sp³-hybridized carbons (Fsp3) is 0.273. The van der Waals surface area contributed by atoms with Crippen LogP contribution in [0.25, 0.3) is 0 Å². The van der Waals surface area contributed by atoms with Gasteiger partial charge in [-0.05, 0) is 12.1 Å². The van der Waals surface area contributed by atoms with E-state index >= 15 is 0 Å². The molecular formula is C11H8F3NOS. The maximum atomic E-state index is 12.3. The molecule has 0 N–H and O–H groups in total. The number of carbonyl (C=O) groups excluding carboxylic acids is 1. The Hall–Kier alpha value is -1.48. The molecule has 0 aliphatic heterocycles. The van der Waals surface area contributed by atoms with Crippen molar-refractivity contribution in [1.29, 1.82) is 0 Å². The van der Waals surface area contributed by atoms with Crippen molar-refractivity contribution >= 4 is 16.9 Å². The van der Waals surface area contributed by atoms with Crippen molar-refractivity contribution in [2.24, 2.45) is 0 Å². The maximum Gasteiger partial charge on any atom is 0.433 e. The summed E-state index contributed by atoms with van der Waals surface area (Å²) in [6, 6.07) is 2.27. The number of alkyl halides is 3. The van der Waals surface area contributed by atoms with Crippen LogP contribution in [0.4, 0.5) is 13.2 Å². The molecule has 1 heterocycles. The first-order valence-corrected chi connectivity index (χ1v) is 5.53. The Balaban J connectivity index is 2.76. The molecule has 90 valence electrons. The molecule has 0 saturated heterocycles. The third-order valence-corrected chi connectivity index (χ3v) is 2.33. The van der Waals surface area contributed by atoms with Crippen molar-refractivity contribution in [3.63, 3.8) is 0 Å². The Morgan fingerprint density at radius 1 is 1.53 bits per heavy atom. The predicted molar refractivity (Wildman–Crippen MR) is 59.3 cm³/mol. The van der Waals surface area contributed by atoms with Gasteiger partial charge in [0.25, 0.3) is 0 Å². The van der Waals surface area contributed by atoms with Crippen LogP contribution in [0.3, 0.4) is 0 Å². The molecule has 0 atom stereocenters. The van der Waals surface area contributed by atoms with Gasteiger partial charge in [-0.3, -0.25) is 9.78 Å². The molecule has 0 aliphatic rings. The molecule has 1 aromatic heterocycles. The van der Waals surface area contributed by atoms with E-state index in [1.54, 1.807) is 0 Å². The Bertz CT molecular complexity index is 474. The summed E-state index contributed by atoms with van der Waals surface area (Å²) in [7, 11) is 0. The molecule has 0 aromatic carbocycles. The van der Waals surface area contributed by atoms with E-state index in [2.05, 4.69) is 16.8 Å². The van der Waals surface area contributed by atoms with Gasteiger partial charge in [0.1, 0.15) is 5.69 Å². The Labute approximate surface area is 101 Å². The van der Waals surface area contributed by atoms with Crippen LogP contribution < -0.4 is 0 Å². The van der Waals surface area contributed by atoms with Crippen molar-refractivity contribution in [3.05, 3.63) is 29.6 Å². The van der Waals surface area contributed by atoms with E-state index in [-0.39, 0.29) is 16.4 Å². The first kappa shape index (κ1) is 13.6. The fourth-order valence-electron chi connectivity index (χ4n) is 0.939. The molecule has 1 rings (SSSR count). The normalized spacial score (nSPS) is 10.6. The van der Waals surface area contributed by atoms with Crippen molar-refractivity contribution in [2.75, 3.05) is 5.75 Å². The standard InChI is InChI=1S/C11H8F3NOS/c1-8(16)17-6-2-3-9-4-5-15-10(7-9)11(12,13)14/h4-5,7H,6H2,1H3. The Kier molecular flexibility index (Phi) is 4.58. The minimum Gasteiger partial charge on any atom is -0.288 e. The van der Waals surface area contributed by atoms with Gasteiger partial charge in [-0.15, -0.1) is 0 Å². The molecule has 0 bridgehead atoms. The van der Waals surface area contributed by atoms with E-state index < -0.39 is 11.9 Å². The summed E-state index contributed by atoms with van der Waals surface area (Å²) in [5.41, 5.74) is -0.736. The second-order valence-corrected chi connectivity index (χ2v) is 4.16. The van der Waals surface area contributed by atoms with Gasteiger partial charge in [-0.25, -0.2) is 0 Å². The van der Waals surface area contributed by atoms with E-state index in [9.17, 15) is 18.0 Å². The van der Waals surface area contributed by atoms with Gasteiger partial charge in [-0.1, -0.05) is 23.6 Å². The molecule has 0 saturated carbocycles. The van der Waals surface area contributed by atoms with E-state index in [1.165, 1.54) is 13.0 Å². The smallest absolute Gasteiger partial charge is 0.288 e. The lowest BCUT2D eigenvalue weighted by atomic mass is 10.2. The van der Waals surface area contributed by atoms with Crippen LogP contribution in [0.1, 0.15) is 18.2 Å². The van der Waals surface area contributed by atoms with Crippen LogP contribution in [0.2, 0.25) is 0 Å². The summed E-state index contributed by atoms with van der Waals surface area (Å²) in [6.45, 7) is 1.40.